The second-order valence-electron chi connectivity index (χ2n) is 4.20. The molecule has 0 unspecified atom stereocenters. The highest BCUT2D eigenvalue weighted by Gasteiger charge is 2.13. The molecule has 3 aromatic rings. The average molecular weight is 284 g/mol. The van der Waals surface area contributed by atoms with Gasteiger partial charge >= 0.3 is 0 Å². The molecule has 0 aliphatic carbocycles. The second-order valence-corrected chi connectivity index (χ2v) is 5.23. The lowest BCUT2D eigenvalue weighted by Crippen LogP contribution is -2.04. The Hall–Kier alpha value is -2.47. The Bertz CT molecular complexity index is 732. The van der Waals surface area contributed by atoms with E-state index in [9.17, 15) is 4.79 Å². The zero-order valence-corrected chi connectivity index (χ0v) is 11.6. The number of nitrogens with zero attached hydrogens (tertiary/aromatic N) is 2. The quantitative estimate of drug-likeness (QED) is 0.776. The van der Waals surface area contributed by atoms with Gasteiger partial charge in [0.1, 0.15) is 0 Å². The van der Waals surface area contributed by atoms with Gasteiger partial charge in [-0.15, -0.1) is 0 Å². The number of carbonyl (C=O) groups is 1. The van der Waals surface area contributed by atoms with Gasteiger partial charge in [-0.25, -0.2) is 9.97 Å². The third-order valence-corrected chi connectivity index (χ3v) is 3.65. The van der Waals surface area contributed by atoms with E-state index in [4.69, 9.17) is 0 Å². The van der Waals surface area contributed by atoms with Crippen LogP contribution < -0.4 is 5.32 Å². The smallest absolute Gasteiger partial charge is 0.223 e. The summed E-state index contributed by atoms with van der Waals surface area (Å²) in [5, 5.41) is 3.26. The molecule has 1 amide bonds. The van der Waals surface area contributed by atoms with Crippen molar-refractivity contribution in [2.45, 2.75) is 6.92 Å². The number of carbonyl (C=O) groups excluding carboxylic acids is 1. The van der Waals surface area contributed by atoms with Crippen LogP contribution in [0.5, 0.6) is 0 Å². The van der Waals surface area contributed by atoms with Crippen molar-refractivity contribution in [2.75, 3.05) is 5.32 Å². The van der Waals surface area contributed by atoms with Gasteiger partial charge in [0.25, 0.3) is 0 Å². The molecule has 2 N–H and O–H groups in total. The van der Waals surface area contributed by atoms with Gasteiger partial charge in [0, 0.05) is 18.7 Å². The summed E-state index contributed by atoms with van der Waals surface area (Å²) < 4.78 is 0. The van der Waals surface area contributed by atoms with Crippen LogP contribution in [-0.4, -0.2) is 20.9 Å². The molecule has 6 heteroatoms. The van der Waals surface area contributed by atoms with Crippen LogP contribution >= 0.6 is 11.3 Å². The van der Waals surface area contributed by atoms with Gasteiger partial charge in [-0.2, -0.15) is 0 Å². The van der Waals surface area contributed by atoms with E-state index < -0.39 is 0 Å². The molecule has 1 aromatic carbocycles. The van der Waals surface area contributed by atoms with Crippen LogP contribution in [0.4, 0.5) is 5.13 Å². The molecule has 0 atom stereocenters. The number of rotatable bonds is 3. The summed E-state index contributed by atoms with van der Waals surface area (Å²) in [6, 6.07) is 9.94. The van der Waals surface area contributed by atoms with Crippen molar-refractivity contribution in [3.63, 3.8) is 0 Å². The molecule has 2 aromatic heterocycles. The summed E-state index contributed by atoms with van der Waals surface area (Å²) in [6.07, 6.45) is 3.39. The molecule has 3 rings (SSSR count). The Morgan fingerprint density at radius 1 is 1.25 bits per heavy atom. The van der Waals surface area contributed by atoms with Crippen LogP contribution in [0.2, 0.25) is 0 Å². The molecule has 0 spiro atoms. The molecule has 0 aliphatic rings. The number of hydrogen-bond acceptors (Lipinski definition) is 4. The highest BCUT2D eigenvalue weighted by molar-refractivity contribution is 7.19. The normalized spacial score (nSPS) is 10.4. The number of thiazole rings is 1. The van der Waals surface area contributed by atoms with Gasteiger partial charge in [-0.05, 0) is 0 Å². The first-order valence-electron chi connectivity index (χ1n) is 6.06. The lowest BCUT2D eigenvalue weighted by atomic mass is 10.1. The van der Waals surface area contributed by atoms with Crippen LogP contribution in [-0.2, 0) is 4.79 Å². The Morgan fingerprint density at radius 2 is 2.05 bits per heavy atom. The molecule has 5 nitrogen and oxygen atoms in total. The molecule has 0 fully saturated rings. The number of nitrogens with one attached hydrogen (secondary N) is 2. The molecule has 0 bridgehead atoms. The summed E-state index contributed by atoms with van der Waals surface area (Å²) >= 11 is 1.41. The van der Waals surface area contributed by atoms with E-state index in [0.29, 0.717) is 5.13 Å². The monoisotopic (exact) mass is 284 g/mol. The van der Waals surface area contributed by atoms with Gasteiger partial charge < -0.3 is 10.3 Å². The summed E-state index contributed by atoms with van der Waals surface area (Å²) in [6.45, 7) is 1.46. The first-order valence-corrected chi connectivity index (χ1v) is 6.88. The number of aromatic nitrogens is 3. The standard InChI is InChI=1S/C14H12N4OS/c1-9(19)18-14-15-7-11(20-14)13-12(16-8-17-13)10-5-3-2-4-6-10/h2-8H,1H3,(H,16,17)(H,15,18,19). The second kappa shape index (κ2) is 5.26. The fourth-order valence-corrected chi connectivity index (χ4v) is 2.77. The van der Waals surface area contributed by atoms with Crippen molar-refractivity contribution >= 4 is 22.4 Å². The number of amides is 1. The fourth-order valence-electron chi connectivity index (χ4n) is 1.90. The predicted molar refractivity (Wildman–Crippen MR) is 79.4 cm³/mol. The third kappa shape index (κ3) is 2.46. The van der Waals surface area contributed by atoms with E-state index in [1.165, 1.54) is 18.3 Å². The highest BCUT2D eigenvalue weighted by atomic mass is 32.1. The topological polar surface area (TPSA) is 70.7 Å². The summed E-state index contributed by atoms with van der Waals surface area (Å²) in [5.74, 6) is -0.126. The molecule has 0 saturated heterocycles. The number of hydrogen-bond donors (Lipinski definition) is 2. The minimum Gasteiger partial charge on any atom is -0.343 e. The predicted octanol–water partition coefficient (Wildman–Crippen LogP) is 3.16. The number of imidazole rings is 1. The van der Waals surface area contributed by atoms with Crippen LogP contribution in [0.3, 0.4) is 0 Å². The summed E-state index contributed by atoms with van der Waals surface area (Å²) in [7, 11) is 0. The van der Waals surface area contributed by atoms with Gasteiger partial charge in [0.05, 0.1) is 22.6 Å². The van der Waals surface area contributed by atoms with Crippen molar-refractivity contribution < 1.29 is 4.79 Å². The van der Waals surface area contributed by atoms with Gasteiger partial charge in [0.15, 0.2) is 5.13 Å². The lowest BCUT2D eigenvalue weighted by molar-refractivity contribution is -0.114. The van der Waals surface area contributed by atoms with E-state index >= 15 is 0 Å². The number of anilines is 1. The molecular formula is C14H12N4OS. The Labute approximate surface area is 119 Å². The zero-order chi connectivity index (χ0) is 13.9. The van der Waals surface area contributed by atoms with Crippen molar-refractivity contribution in [3.05, 3.63) is 42.9 Å². The number of aromatic amines is 1. The van der Waals surface area contributed by atoms with Crippen LogP contribution in [0.15, 0.2) is 42.9 Å². The minimum absolute atomic E-state index is 0.126. The SMILES string of the molecule is CC(=O)Nc1ncc(-c2[nH]cnc2-c2ccccc2)s1. The Kier molecular flexibility index (Phi) is 3.30. The highest BCUT2D eigenvalue weighted by Crippen LogP contribution is 2.33. The molecule has 2 heterocycles. The third-order valence-electron chi connectivity index (χ3n) is 2.72. The van der Waals surface area contributed by atoms with Crippen molar-refractivity contribution in [2.24, 2.45) is 0 Å². The fraction of sp³-hybridized carbons (Fsp3) is 0.0714. The molecule has 0 radical (unpaired) electrons. The lowest BCUT2D eigenvalue weighted by Gasteiger charge is -1.99. The first kappa shape index (κ1) is 12.6. The van der Waals surface area contributed by atoms with E-state index in [2.05, 4.69) is 20.3 Å². The average Bonchev–Trinajstić information content (AvgIpc) is 3.07. The van der Waals surface area contributed by atoms with E-state index in [-0.39, 0.29) is 5.91 Å². The van der Waals surface area contributed by atoms with Crippen molar-refractivity contribution in [3.8, 4) is 21.8 Å². The van der Waals surface area contributed by atoms with Gasteiger partial charge in [-0.3, -0.25) is 4.79 Å². The molecule has 0 saturated carbocycles. The maximum absolute atomic E-state index is 11.0. The molecular weight excluding hydrogens is 272 g/mol. The zero-order valence-electron chi connectivity index (χ0n) is 10.8. The Balaban J connectivity index is 1.98. The number of benzene rings is 1. The molecule has 20 heavy (non-hydrogen) atoms. The summed E-state index contributed by atoms with van der Waals surface area (Å²) in [4.78, 5) is 23.7. The maximum atomic E-state index is 11.0. The van der Waals surface area contributed by atoms with E-state index in [1.54, 1.807) is 12.5 Å². The molecule has 100 valence electrons. The van der Waals surface area contributed by atoms with Crippen molar-refractivity contribution in [1.29, 1.82) is 0 Å². The Morgan fingerprint density at radius 3 is 2.80 bits per heavy atom. The van der Waals surface area contributed by atoms with E-state index in [0.717, 1.165) is 21.8 Å². The maximum Gasteiger partial charge on any atom is 0.223 e. The minimum atomic E-state index is -0.126. The van der Waals surface area contributed by atoms with Crippen LogP contribution in [0.25, 0.3) is 21.8 Å². The molecule has 0 aliphatic heterocycles. The van der Waals surface area contributed by atoms with Gasteiger partial charge in [-0.1, -0.05) is 41.7 Å². The van der Waals surface area contributed by atoms with Crippen LogP contribution in [0, 0.1) is 0 Å². The largest absolute Gasteiger partial charge is 0.343 e. The first-order chi connectivity index (χ1) is 9.74. The van der Waals surface area contributed by atoms with E-state index in [1.807, 2.05) is 30.3 Å². The summed E-state index contributed by atoms with van der Waals surface area (Å²) in [5.41, 5.74) is 2.83. The van der Waals surface area contributed by atoms with Crippen molar-refractivity contribution in [1.82, 2.24) is 15.0 Å². The number of H-pyrrole nitrogens is 1. The van der Waals surface area contributed by atoms with Gasteiger partial charge in [0.2, 0.25) is 5.91 Å². The van der Waals surface area contributed by atoms with Crippen LogP contribution in [0.1, 0.15) is 6.92 Å².